The summed E-state index contributed by atoms with van der Waals surface area (Å²) >= 11 is 1.41. The van der Waals surface area contributed by atoms with Gasteiger partial charge in [-0.15, -0.1) is 10.2 Å². The molecular weight excluding hydrogens is 388 g/mol. The smallest absolute Gasteiger partial charge is 0.229 e. The highest BCUT2D eigenvalue weighted by molar-refractivity contribution is 7.22. The van der Waals surface area contributed by atoms with E-state index in [1.165, 1.54) is 11.3 Å². The number of aliphatic hydroxyl groups excluding tert-OH is 1. The van der Waals surface area contributed by atoms with E-state index >= 15 is 0 Å². The van der Waals surface area contributed by atoms with Crippen LogP contribution in [0.1, 0.15) is 43.5 Å². The number of rotatable bonds is 5. The average Bonchev–Trinajstić information content (AvgIpc) is 3.31. The Hall–Kier alpha value is -2.91. The number of amides is 1. The van der Waals surface area contributed by atoms with Crippen LogP contribution in [0.5, 0.6) is 0 Å². The first-order chi connectivity index (χ1) is 14.0. The molecule has 4 aromatic heterocycles. The molecule has 29 heavy (non-hydrogen) atoms. The summed E-state index contributed by atoms with van der Waals surface area (Å²) in [5, 5.41) is 22.0. The number of nitrogens with one attached hydrogen (secondary N) is 1. The van der Waals surface area contributed by atoms with Gasteiger partial charge in [0.15, 0.2) is 10.8 Å². The number of carbonyl (C=O) groups excluding carboxylic acids is 1. The first-order valence-corrected chi connectivity index (χ1v) is 10.5. The summed E-state index contributed by atoms with van der Waals surface area (Å²) in [6, 6.07) is 3.87. The summed E-state index contributed by atoms with van der Waals surface area (Å²) in [6.07, 6.45) is 5.36. The molecule has 1 saturated carbocycles. The molecule has 4 aromatic rings. The van der Waals surface area contributed by atoms with Crippen molar-refractivity contribution in [2.24, 2.45) is 5.92 Å². The van der Waals surface area contributed by atoms with Crippen molar-refractivity contribution in [1.82, 2.24) is 24.6 Å². The van der Waals surface area contributed by atoms with Crippen molar-refractivity contribution < 1.29 is 9.90 Å². The Balaban J connectivity index is 1.62. The third kappa shape index (κ3) is 3.16. The average molecular weight is 408 g/mol. The standard InChI is InChI=1S/C20H20N6O2S/c1-3-16(27)14-6-10(2)13(8-21-14)12-7-15-19(26-9-22-25-17(12)26)29-20(23-15)24-18(28)11-4-5-11/h6-9,11,16,27H,3-5H2,1-2H3,(H,23,24,28)/t16-/m0/s1. The van der Waals surface area contributed by atoms with E-state index in [2.05, 4.69) is 25.5 Å². The van der Waals surface area contributed by atoms with Crippen LogP contribution >= 0.6 is 11.3 Å². The van der Waals surface area contributed by atoms with Gasteiger partial charge in [0.2, 0.25) is 5.91 Å². The number of hydrogen-bond donors (Lipinski definition) is 2. The number of carbonyl (C=O) groups is 1. The van der Waals surface area contributed by atoms with Crippen molar-refractivity contribution in [3.05, 3.63) is 35.9 Å². The van der Waals surface area contributed by atoms with Crippen LogP contribution in [-0.4, -0.2) is 35.6 Å². The lowest BCUT2D eigenvalue weighted by Gasteiger charge is -2.12. The largest absolute Gasteiger partial charge is 0.387 e. The summed E-state index contributed by atoms with van der Waals surface area (Å²) in [4.78, 5) is 22.0. The molecule has 0 radical (unpaired) electrons. The van der Waals surface area contributed by atoms with Crippen molar-refractivity contribution in [3.8, 4) is 11.1 Å². The molecule has 1 fully saturated rings. The quantitative estimate of drug-likeness (QED) is 0.524. The molecule has 0 saturated heterocycles. The van der Waals surface area contributed by atoms with Gasteiger partial charge in [-0.25, -0.2) is 4.98 Å². The summed E-state index contributed by atoms with van der Waals surface area (Å²) < 4.78 is 1.89. The number of fused-ring (bicyclic) bond motifs is 3. The number of aliphatic hydroxyl groups is 1. The molecule has 4 heterocycles. The molecule has 148 valence electrons. The molecule has 1 amide bonds. The highest BCUT2D eigenvalue weighted by Gasteiger charge is 2.30. The van der Waals surface area contributed by atoms with Crippen molar-refractivity contribution in [2.45, 2.75) is 39.2 Å². The van der Waals surface area contributed by atoms with Crippen LogP contribution in [0, 0.1) is 12.8 Å². The molecule has 0 spiro atoms. The van der Waals surface area contributed by atoms with Crippen molar-refractivity contribution in [1.29, 1.82) is 0 Å². The summed E-state index contributed by atoms with van der Waals surface area (Å²) in [7, 11) is 0. The highest BCUT2D eigenvalue weighted by Crippen LogP contribution is 2.36. The second-order valence-electron chi connectivity index (χ2n) is 7.40. The number of pyridine rings is 2. The minimum atomic E-state index is -0.575. The SMILES string of the molecule is CC[C@H](O)c1cc(C)c(-c2cc3nc(NC(=O)C4CC4)sc3n3cnnc23)cn1. The Morgan fingerprint density at radius 3 is 2.93 bits per heavy atom. The fourth-order valence-electron chi connectivity index (χ4n) is 3.41. The molecule has 1 aliphatic rings. The molecule has 1 aliphatic carbocycles. The van der Waals surface area contributed by atoms with E-state index in [1.54, 1.807) is 12.5 Å². The lowest BCUT2D eigenvalue weighted by atomic mass is 10.0. The van der Waals surface area contributed by atoms with Crippen molar-refractivity contribution in [3.63, 3.8) is 0 Å². The molecule has 5 rings (SSSR count). The van der Waals surface area contributed by atoms with E-state index in [1.807, 2.05) is 30.4 Å². The fraction of sp³-hybridized carbons (Fsp3) is 0.350. The van der Waals surface area contributed by atoms with Gasteiger partial charge < -0.3 is 10.4 Å². The predicted molar refractivity (Wildman–Crippen MR) is 111 cm³/mol. The van der Waals surface area contributed by atoms with E-state index in [-0.39, 0.29) is 11.8 Å². The molecule has 1 atom stereocenters. The van der Waals surface area contributed by atoms with E-state index in [0.717, 1.165) is 39.9 Å². The number of aromatic nitrogens is 5. The van der Waals surface area contributed by atoms with Gasteiger partial charge in [0.25, 0.3) is 0 Å². The number of thiazole rings is 1. The van der Waals surface area contributed by atoms with Gasteiger partial charge in [-0.05, 0) is 43.9 Å². The minimum absolute atomic E-state index is 0.0365. The number of aryl methyl sites for hydroxylation is 1. The summed E-state index contributed by atoms with van der Waals surface area (Å²) in [6.45, 7) is 3.91. The number of hydrogen-bond acceptors (Lipinski definition) is 7. The van der Waals surface area contributed by atoms with E-state index < -0.39 is 6.10 Å². The van der Waals surface area contributed by atoms with Crippen LogP contribution in [0.2, 0.25) is 0 Å². The predicted octanol–water partition coefficient (Wildman–Crippen LogP) is 3.50. The van der Waals surface area contributed by atoms with Gasteiger partial charge in [-0.3, -0.25) is 14.2 Å². The van der Waals surface area contributed by atoms with Crippen LogP contribution < -0.4 is 5.32 Å². The molecule has 2 N–H and O–H groups in total. The third-order valence-corrected chi connectivity index (χ3v) is 6.24. The maximum Gasteiger partial charge on any atom is 0.229 e. The fourth-order valence-corrected chi connectivity index (χ4v) is 4.33. The Morgan fingerprint density at radius 2 is 2.21 bits per heavy atom. The zero-order valence-corrected chi connectivity index (χ0v) is 16.9. The van der Waals surface area contributed by atoms with Crippen molar-refractivity contribution in [2.75, 3.05) is 5.32 Å². The van der Waals surface area contributed by atoms with Crippen LogP contribution in [0.3, 0.4) is 0 Å². The van der Waals surface area contributed by atoms with E-state index in [0.29, 0.717) is 22.9 Å². The van der Waals surface area contributed by atoms with Gasteiger partial charge in [0.1, 0.15) is 16.7 Å². The Kier molecular flexibility index (Phi) is 4.29. The highest BCUT2D eigenvalue weighted by atomic mass is 32.1. The first-order valence-electron chi connectivity index (χ1n) is 9.64. The van der Waals surface area contributed by atoms with Gasteiger partial charge in [-0.2, -0.15) is 0 Å². The zero-order valence-electron chi connectivity index (χ0n) is 16.1. The number of anilines is 1. The van der Waals surface area contributed by atoms with Gasteiger partial charge >= 0.3 is 0 Å². The van der Waals surface area contributed by atoms with E-state index in [9.17, 15) is 9.90 Å². The third-order valence-electron chi connectivity index (χ3n) is 5.25. The second-order valence-corrected chi connectivity index (χ2v) is 8.38. The van der Waals surface area contributed by atoms with Crippen LogP contribution in [0.25, 0.3) is 27.1 Å². The lowest BCUT2D eigenvalue weighted by molar-refractivity contribution is -0.117. The molecule has 8 nitrogen and oxygen atoms in total. The maximum absolute atomic E-state index is 12.1. The monoisotopic (exact) mass is 408 g/mol. The summed E-state index contributed by atoms with van der Waals surface area (Å²) in [5.41, 5.74) is 4.89. The van der Waals surface area contributed by atoms with Crippen LogP contribution in [0.4, 0.5) is 5.13 Å². The van der Waals surface area contributed by atoms with Gasteiger partial charge in [-0.1, -0.05) is 18.3 Å². The van der Waals surface area contributed by atoms with Gasteiger partial charge in [0, 0.05) is 23.2 Å². The first kappa shape index (κ1) is 18.1. The lowest BCUT2D eigenvalue weighted by Crippen LogP contribution is -2.12. The number of nitrogens with zero attached hydrogens (tertiary/aromatic N) is 5. The van der Waals surface area contributed by atoms with E-state index in [4.69, 9.17) is 0 Å². The normalized spacial score (nSPS) is 15.1. The molecule has 0 bridgehead atoms. The Morgan fingerprint density at radius 1 is 1.38 bits per heavy atom. The maximum atomic E-state index is 12.1. The molecular formula is C20H20N6O2S. The minimum Gasteiger partial charge on any atom is -0.387 e. The molecule has 0 aliphatic heterocycles. The Bertz CT molecular complexity index is 1240. The Labute approximate surface area is 170 Å². The second kappa shape index (κ2) is 6.85. The van der Waals surface area contributed by atoms with Gasteiger partial charge in [0.05, 0.1) is 11.8 Å². The topological polar surface area (TPSA) is 105 Å². The molecule has 9 heteroatoms. The van der Waals surface area contributed by atoms with Crippen molar-refractivity contribution >= 4 is 38.4 Å². The molecule has 0 aromatic carbocycles. The molecule has 0 unspecified atom stereocenters. The van der Waals surface area contributed by atoms with Crippen LogP contribution in [0.15, 0.2) is 24.7 Å². The zero-order chi connectivity index (χ0) is 20.1. The summed E-state index contributed by atoms with van der Waals surface area (Å²) in [5.74, 6) is 0.160. The van der Waals surface area contributed by atoms with Crippen LogP contribution in [-0.2, 0) is 4.79 Å².